The van der Waals surface area contributed by atoms with Gasteiger partial charge in [-0.2, -0.15) is 0 Å². The summed E-state index contributed by atoms with van der Waals surface area (Å²) in [7, 11) is 0. The summed E-state index contributed by atoms with van der Waals surface area (Å²) in [4.78, 5) is 0. The number of aliphatic hydroxyl groups is 1. The van der Waals surface area contributed by atoms with Crippen molar-refractivity contribution in [1.82, 2.24) is 0 Å². The van der Waals surface area contributed by atoms with Gasteiger partial charge in [-0.1, -0.05) is 23.7 Å². The van der Waals surface area contributed by atoms with Gasteiger partial charge in [0.05, 0.1) is 25.9 Å². The van der Waals surface area contributed by atoms with Crippen LogP contribution in [0.15, 0.2) is 36.4 Å². The van der Waals surface area contributed by atoms with Crippen LogP contribution < -0.4 is 4.74 Å². The second kappa shape index (κ2) is 7.97. The summed E-state index contributed by atoms with van der Waals surface area (Å²) >= 11 is 6.02. The smallest absolute Gasteiger partial charge is 0.165 e. The van der Waals surface area contributed by atoms with Crippen LogP contribution in [0.1, 0.15) is 30.4 Å². The Hall–Kier alpha value is -1.69. The molecule has 0 saturated heterocycles. The van der Waals surface area contributed by atoms with Crippen molar-refractivity contribution in [1.29, 1.82) is 0 Å². The first-order valence-electron chi connectivity index (χ1n) is 9.61. The predicted molar refractivity (Wildman–Crippen MR) is 103 cm³/mol. The second-order valence-electron chi connectivity index (χ2n) is 7.69. The summed E-state index contributed by atoms with van der Waals surface area (Å²) in [5, 5.41) is 9.68. The molecule has 1 saturated carbocycles. The van der Waals surface area contributed by atoms with Gasteiger partial charge in [-0.25, -0.2) is 8.78 Å². The molecule has 4 rings (SSSR count). The van der Waals surface area contributed by atoms with Crippen molar-refractivity contribution >= 4 is 11.6 Å². The number of ether oxygens (including phenoxy) is 2. The highest BCUT2D eigenvalue weighted by Crippen LogP contribution is 2.53. The first-order valence-corrected chi connectivity index (χ1v) is 9.99. The molecule has 0 radical (unpaired) electrons. The minimum Gasteiger partial charge on any atom is -0.490 e. The molecule has 1 fully saturated rings. The van der Waals surface area contributed by atoms with Crippen LogP contribution in [-0.2, 0) is 16.6 Å². The minimum atomic E-state index is -0.563. The number of benzene rings is 2. The van der Waals surface area contributed by atoms with Crippen molar-refractivity contribution in [3.05, 3.63) is 64.2 Å². The van der Waals surface area contributed by atoms with E-state index in [2.05, 4.69) is 0 Å². The molecule has 2 aliphatic rings. The Kier molecular flexibility index (Phi) is 5.59. The average molecular weight is 409 g/mol. The van der Waals surface area contributed by atoms with Crippen LogP contribution in [-0.4, -0.2) is 31.0 Å². The number of rotatable bonds is 5. The van der Waals surface area contributed by atoms with Gasteiger partial charge >= 0.3 is 0 Å². The van der Waals surface area contributed by atoms with Gasteiger partial charge in [0.15, 0.2) is 11.6 Å². The fraction of sp³-hybridized carbons (Fsp3) is 0.455. The lowest BCUT2D eigenvalue weighted by Crippen LogP contribution is -2.50. The lowest BCUT2D eigenvalue weighted by atomic mass is 9.58. The monoisotopic (exact) mass is 408 g/mol. The maximum Gasteiger partial charge on any atom is 0.165 e. The van der Waals surface area contributed by atoms with E-state index in [0.717, 1.165) is 18.1 Å². The molecule has 0 aromatic heterocycles. The summed E-state index contributed by atoms with van der Waals surface area (Å²) in [5.74, 6) is -0.918. The molecule has 0 bridgehead atoms. The van der Waals surface area contributed by atoms with Gasteiger partial charge in [-0.3, -0.25) is 0 Å². The Morgan fingerprint density at radius 1 is 1.14 bits per heavy atom. The number of hydrogen-bond acceptors (Lipinski definition) is 3. The van der Waals surface area contributed by atoms with Crippen molar-refractivity contribution in [3.63, 3.8) is 0 Å². The summed E-state index contributed by atoms with van der Waals surface area (Å²) in [5.41, 5.74) is 0.812. The quantitative estimate of drug-likeness (QED) is 0.781. The van der Waals surface area contributed by atoms with Crippen molar-refractivity contribution in [2.24, 2.45) is 5.92 Å². The Bertz CT molecular complexity index is 842. The highest BCUT2D eigenvalue weighted by molar-refractivity contribution is 6.30. The summed E-state index contributed by atoms with van der Waals surface area (Å²) in [6.07, 6.45) is 2.63. The maximum atomic E-state index is 15.0. The third-order valence-electron chi connectivity index (χ3n) is 6.10. The molecule has 28 heavy (non-hydrogen) atoms. The SMILES string of the molecule is OCCO[C@@H]1CC[C@@]2(Cc3ccc(Cl)cc3)c3c(F)ccc(F)c3OC[C@H]2C1. The number of halogens is 3. The van der Waals surface area contributed by atoms with Crippen LogP contribution in [0, 0.1) is 17.6 Å². The molecule has 0 unspecified atom stereocenters. The molecule has 2 aromatic carbocycles. The van der Waals surface area contributed by atoms with Crippen molar-refractivity contribution in [2.75, 3.05) is 19.8 Å². The van der Waals surface area contributed by atoms with Gasteiger partial charge in [0.2, 0.25) is 0 Å². The Balaban J connectivity index is 1.75. The second-order valence-corrected chi connectivity index (χ2v) is 8.13. The third-order valence-corrected chi connectivity index (χ3v) is 6.36. The Morgan fingerprint density at radius 3 is 2.64 bits per heavy atom. The Labute approximate surface area is 168 Å². The molecule has 1 aliphatic heterocycles. The van der Waals surface area contributed by atoms with E-state index in [1.807, 2.05) is 24.3 Å². The molecule has 1 heterocycles. The van der Waals surface area contributed by atoms with E-state index in [1.165, 1.54) is 6.07 Å². The van der Waals surface area contributed by atoms with Gasteiger partial charge in [-0.05, 0) is 55.5 Å². The van der Waals surface area contributed by atoms with Crippen molar-refractivity contribution in [2.45, 2.75) is 37.2 Å². The van der Waals surface area contributed by atoms with Crippen LogP contribution in [0.25, 0.3) is 0 Å². The number of aliphatic hydroxyl groups excluding tert-OH is 1. The van der Waals surface area contributed by atoms with Crippen molar-refractivity contribution in [3.8, 4) is 5.75 Å². The molecule has 0 spiro atoms. The number of fused-ring (bicyclic) bond motifs is 3. The molecule has 150 valence electrons. The zero-order chi connectivity index (χ0) is 19.7. The summed E-state index contributed by atoms with van der Waals surface area (Å²) in [6.45, 7) is 0.568. The fourth-order valence-electron chi connectivity index (χ4n) is 4.82. The van der Waals surface area contributed by atoms with Gasteiger partial charge in [0.25, 0.3) is 0 Å². The molecule has 3 nitrogen and oxygen atoms in total. The maximum absolute atomic E-state index is 15.0. The zero-order valence-corrected chi connectivity index (χ0v) is 16.2. The van der Waals surface area contributed by atoms with E-state index in [0.29, 0.717) is 36.5 Å². The van der Waals surface area contributed by atoms with E-state index in [4.69, 9.17) is 26.2 Å². The van der Waals surface area contributed by atoms with Gasteiger partial charge < -0.3 is 14.6 Å². The van der Waals surface area contributed by atoms with Crippen LogP contribution in [0.3, 0.4) is 0 Å². The lowest BCUT2D eigenvalue weighted by Gasteiger charge is -2.50. The molecule has 6 heteroatoms. The number of hydrogen-bond donors (Lipinski definition) is 1. The first-order chi connectivity index (χ1) is 13.5. The highest BCUT2D eigenvalue weighted by Gasteiger charge is 2.51. The van der Waals surface area contributed by atoms with Gasteiger partial charge in [0.1, 0.15) is 5.82 Å². The molecular formula is C22H23ClF2O3. The molecule has 1 N–H and O–H groups in total. The minimum absolute atomic E-state index is 0.00980. The van der Waals surface area contributed by atoms with Crippen molar-refractivity contribution < 1.29 is 23.4 Å². The van der Waals surface area contributed by atoms with Gasteiger partial charge in [-0.15, -0.1) is 0 Å². The van der Waals surface area contributed by atoms with Crippen LogP contribution in [0.2, 0.25) is 5.02 Å². The molecule has 2 aromatic rings. The lowest BCUT2D eigenvalue weighted by molar-refractivity contribution is -0.0424. The molecule has 1 aliphatic carbocycles. The first kappa shape index (κ1) is 19.6. The summed E-state index contributed by atoms with van der Waals surface area (Å²) in [6, 6.07) is 9.84. The highest BCUT2D eigenvalue weighted by atomic mass is 35.5. The van der Waals surface area contributed by atoms with E-state index >= 15 is 4.39 Å². The Morgan fingerprint density at radius 2 is 1.89 bits per heavy atom. The largest absolute Gasteiger partial charge is 0.490 e. The van der Waals surface area contributed by atoms with E-state index in [9.17, 15) is 4.39 Å². The van der Waals surface area contributed by atoms with Crippen LogP contribution in [0.5, 0.6) is 5.75 Å². The molecule has 3 atom stereocenters. The van der Waals surface area contributed by atoms with E-state index in [1.54, 1.807) is 0 Å². The standard InChI is InChI=1S/C22H23ClF2O3/c23-16-3-1-14(2-4-16)12-22-8-7-17(27-10-9-26)11-15(22)13-28-21-19(25)6-5-18(24)20(21)22/h1-6,15,17,26H,7-13H2/t15-,17-,22+/m1/s1. The normalized spacial score (nSPS) is 26.3. The topological polar surface area (TPSA) is 38.7 Å². The third kappa shape index (κ3) is 3.51. The zero-order valence-electron chi connectivity index (χ0n) is 15.5. The van der Waals surface area contributed by atoms with Gasteiger partial charge in [0, 0.05) is 21.9 Å². The van der Waals surface area contributed by atoms with E-state index in [-0.39, 0.29) is 31.0 Å². The summed E-state index contributed by atoms with van der Waals surface area (Å²) < 4.78 is 40.9. The van der Waals surface area contributed by atoms with Crippen LogP contribution in [0.4, 0.5) is 8.78 Å². The van der Waals surface area contributed by atoms with E-state index < -0.39 is 17.0 Å². The van der Waals surface area contributed by atoms with Crippen LogP contribution >= 0.6 is 11.6 Å². The average Bonchev–Trinajstić information content (AvgIpc) is 2.70. The molecular weight excluding hydrogens is 386 g/mol. The predicted octanol–water partition coefficient (Wildman–Crippen LogP) is 4.67. The molecule has 0 amide bonds. The fourth-order valence-corrected chi connectivity index (χ4v) is 4.95.